The maximum absolute atomic E-state index is 11.7. The smallest absolute Gasteiger partial charge is 0.219 e. The van der Waals surface area contributed by atoms with E-state index in [1.165, 1.54) is 10.9 Å². The number of aromatic nitrogens is 1. The largest absolute Gasteiger partial charge is 0.403 e. The molecular weight excluding hydrogens is 374 g/mol. The summed E-state index contributed by atoms with van der Waals surface area (Å²) < 4.78 is 0. The molecule has 0 saturated heterocycles. The molecule has 1 saturated carbocycles. The molecule has 0 bridgehead atoms. The van der Waals surface area contributed by atoms with Gasteiger partial charge in [-0.15, -0.1) is 0 Å². The molecular formula is C24H29N5O. The van der Waals surface area contributed by atoms with Crippen LogP contribution in [-0.4, -0.2) is 28.0 Å². The molecule has 6 nitrogen and oxygen atoms in total. The van der Waals surface area contributed by atoms with Gasteiger partial charge in [0.1, 0.15) is 0 Å². The molecule has 2 atom stereocenters. The fraction of sp³-hybridized carbons (Fsp3) is 0.292. The van der Waals surface area contributed by atoms with E-state index in [1.54, 1.807) is 11.2 Å². The summed E-state index contributed by atoms with van der Waals surface area (Å²) in [5.41, 5.74) is 11.2. The number of hydrogen-bond donors (Lipinski definition) is 4. The van der Waals surface area contributed by atoms with Crippen molar-refractivity contribution < 1.29 is 4.79 Å². The van der Waals surface area contributed by atoms with Crippen LogP contribution in [0.15, 0.2) is 60.9 Å². The Hall–Kier alpha value is -3.25. The minimum atomic E-state index is 0.0900. The van der Waals surface area contributed by atoms with Crippen molar-refractivity contribution in [3.63, 3.8) is 0 Å². The van der Waals surface area contributed by atoms with Crippen LogP contribution < -0.4 is 16.9 Å². The third-order valence-corrected chi connectivity index (χ3v) is 5.99. The van der Waals surface area contributed by atoms with Gasteiger partial charge in [0, 0.05) is 42.0 Å². The van der Waals surface area contributed by atoms with Crippen LogP contribution in [0.5, 0.6) is 0 Å². The minimum Gasteiger partial charge on any atom is -0.403 e. The number of nitrogens with zero attached hydrogens (tertiary/aromatic N) is 1. The third kappa shape index (κ3) is 4.04. The van der Waals surface area contributed by atoms with Crippen LogP contribution in [-0.2, 0) is 4.79 Å². The molecule has 0 aliphatic heterocycles. The lowest BCUT2D eigenvalue weighted by Crippen LogP contribution is -2.40. The molecule has 6 heteroatoms. The van der Waals surface area contributed by atoms with Crippen molar-refractivity contribution in [3.8, 4) is 11.1 Å². The number of benzene rings is 2. The van der Waals surface area contributed by atoms with Crippen LogP contribution in [0.4, 0.5) is 0 Å². The molecule has 156 valence electrons. The number of nitrogens with one attached hydrogen (secondary N) is 2. The zero-order valence-electron chi connectivity index (χ0n) is 17.3. The van der Waals surface area contributed by atoms with E-state index >= 15 is 0 Å². The van der Waals surface area contributed by atoms with Gasteiger partial charge in [0.15, 0.2) is 0 Å². The van der Waals surface area contributed by atoms with Gasteiger partial charge in [-0.05, 0) is 54.0 Å². The molecule has 2 unspecified atom stereocenters. The van der Waals surface area contributed by atoms with Gasteiger partial charge in [-0.3, -0.25) is 4.79 Å². The molecule has 1 heterocycles. The summed E-state index contributed by atoms with van der Waals surface area (Å²) >= 11 is 0. The van der Waals surface area contributed by atoms with E-state index in [0.29, 0.717) is 6.42 Å². The van der Waals surface area contributed by atoms with Crippen molar-refractivity contribution in [1.29, 1.82) is 0 Å². The monoisotopic (exact) mass is 403 g/mol. The zero-order valence-corrected chi connectivity index (χ0v) is 17.3. The second kappa shape index (κ2) is 8.63. The quantitative estimate of drug-likeness (QED) is 0.372. The first-order valence-corrected chi connectivity index (χ1v) is 10.5. The number of rotatable bonds is 6. The lowest BCUT2D eigenvalue weighted by Gasteiger charge is -2.28. The third-order valence-electron chi connectivity index (χ3n) is 5.99. The summed E-state index contributed by atoms with van der Waals surface area (Å²) in [7, 11) is 0. The molecule has 3 aromatic rings. The number of nitrogens with two attached hydrogens (primary N) is 2. The Morgan fingerprint density at radius 3 is 2.67 bits per heavy atom. The second-order valence-electron chi connectivity index (χ2n) is 7.90. The molecule has 6 N–H and O–H groups in total. The van der Waals surface area contributed by atoms with Gasteiger partial charge in [0.05, 0.1) is 5.70 Å². The Bertz CT molecular complexity index is 1050. The predicted octanol–water partition coefficient (Wildman–Crippen LogP) is 3.72. The first-order valence-electron chi connectivity index (χ1n) is 10.5. The average molecular weight is 404 g/mol. The van der Waals surface area contributed by atoms with Crippen LogP contribution in [0.2, 0.25) is 0 Å². The maximum atomic E-state index is 11.7. The van der Waals surface area contributed by atoms with Crippen LogP contribution in [0.25, 0.3) is 27.7 Å². The van der Waals surface area contributed by atoms with Gasteiger partial charge < -0.3 is 21.0 Å². The molecule has 0 spiro atoms. The summed E-state index contributed by atoms with van der Waals surface area (Å²) in [6, 6.07) is 17.1. The molecule has 1 fully saturated rings. The highest BCUT2D eigenvalue weighted by Gasteiger charge is 2.30. The van der Waals surface area contributed by atoms with E-state index in [9.17, 15) is 4.79 Å². The summed E-state index contributed by atoms with van der Waals surface area (Å²) in [6.45, 7) is 1.87. The van der Waals surface area contributed by atoms with Crippen molar-refractivity contribution in [2.75, 3.05) is 0 Å². The maximum Gasteiger partial charge on any atom is 0.219 e. The van der Waals surface area contributed by atoms with Gasteiger partial charge in [0.2, 0.25) is 5.91 Å². The molecule has 30 heavy (non-hydrogen) atoms. The SMILES string of the molecule is CCC(=O)NC1CCC(N(N)/C(=C\N)c2ccc(-c3ccc4[nH]ccc4c3)cc2)C1. The van der Waals surface area contributed by atoms with Crippen molar-refractivity contribution in [3.05, 3.63) is 66.5 Å². The second-order valence-corrected chi connectivity index (χ2v) is 7.90. The van der Waals surface area contributed by atoms with E-state index in [4.69, 9.17) is 11.6 Å². The van der Waals surface area contributed by atoms with E-state index < -0.39 is 0 Å². The lowest BCUT2D eigenvalue weighted by molar-refractivity contribution is -0.121. The zero-order chi connectivity index (χ0) is 21.1. The molecule has 1 aromatic heterocycles. The molecule has 4 rings (SSSR count). The summed E-state index contributed by atoms with van der Waals surface area (Å²) in [6.07, 6.45) is 6.71. The number of H-pyrrole nitrogens is 1. The van der Waals surface area contributed by atoms with Gasteiger partial charge in [-0.25, -0.2) is 5.84 Å². The minimum absolute atomic E-state index is 0.0900. The highest BCUT2D eigenvalue weighted by molar-refractivity contribution is 5.85. The number of aromatic amines is 1. The Morgan fingerprint density at radius 1 is 1.17 bits per heavy atom. The average Bonchev–Trinajstić information content (AvgIpc) is 3.43. The van der Waals surface area contributed by atoms with Gasteiger partial charge in [-0.1, -0.05) is 37.3 Å². The lowest BCUT2D eigenvalue weighted by atomic mass is 10.0. The predicted molar refractivity (Wildman–Crippen MR) is 122 cm³/mol. The standard InChI is InChI=1S/C24H29N5O/c1-2-24(30)28-20-8-9-21(14-20)29(26)23(15-25)17-5-3-16(4-6-17)18-7-10-22-19(13-18)11-12-27-22/h3-7,10-13,15,20-21,27H,2,8-9,14,25-26H2,1H3,(H,28,30)/b23-15-. The fourth-order valence-corrected chi connectivity index (χ4v) is 4.27. The Kier molecular flexibility index (Phi) is 5.77. The van der Waals surface area contributed by atoms with E-state index in [0.717, 1.165) is 41.6 Å². The number of hydrazine groups is 1. The Labute approximate surface area is 176 Å². The summed E-state index contributed by atoms with van der Waals surface area (Å²) in [5.74, 6) is 6.55. The van der Waals surface area contributed by atoms with Gasteiger partial charge in [0.25, 0.3) is 0 Å². The van der Waals surface area contributed by atoms with Gasteiger partial charge in [-0.2, -0.15) is 0 Å². The van der Waals surface area contributed by atoms with Crippen molar-refractivity contribution in [1.82, 2.24) is 15.3 Å². The summed E-state index contributed by atoms with van der Waals surface area (Å²) in [5, 5.41) is 6.03. The fourth-order valence-electron chi connectivity index (χ4n) is 4.27. The first-order chi connectivity index (χ1) is 14.6. The molecule has 1 aliphatic carbocycles. The van der Waals surface area contributed by atoms with E-state index in [1.807, 2.05) is 13.1 Å². The van der Waals surface area contributed by atoms with Crippen molar-refractivity contribution in [2.45, 2.75) is 44.7 Å². The molecule has 1 aliphatic rings. The summed E-state index contributed by atoms with van der Waals surface area (Å²) in [4.78, 5) is 14.9. The van der Waals surface area contributed by atoms with E-state index in [2.05, 4.69) is 58.8 Å². The highest BCUT2D eigenvalue weighted by Crippen LogP contribution is 2.30. The van der Waals surface area contributed by atoms with Crippen molar-refractivity contribution in [2.24, 2.45) is 11.6 Å². The normalized spacial score (nSPS) is 19.2. The van der Waals surface area contributed by atoms with Crippen LogP contribution in [0.1, 0.15) is 38.2 Å². The van der Waals surface area contributed by atoms with E-state index in [-0.39, 0.29) is 18.0 Å². The number of hydrogen-bond acceptors (Lipinski definition) is 4. The van der Waals surface area contributed by atoms with Gasteiger partial charge >= 0.3 is 0 Å². The number of carbonyl (C=O) groups is 1. The number of fused-ring (bicyclic) bond motifs is 1. The first kappa shape index (κ1) is 20.0. The van der Waals surface area contributed by atoms with Crippen LogP contribution in [0.3, 0.4) is 0 Å². The number of carbonyl (C=O) groups excluding carboxylic acids is 1. The Morgan fingerprint density at radius 2 is 1.93 bits per heavy atom. The van der Waals surface area contributed by atoms with Crippen LogP contribution in [0, 0.1) is 0 Å². The topological polar surface area (TPSA) is 100 Å². The molecule has 1 amide bonds. The van der Waals surface area contributed by atoms with Crippen LogP contribution >= 0.6 is 0 Å². The molecule has 2 aromatic carbocycles. The Balaban J connectivity index is 1.47. The van der Waals surface area contributed by atoms with Crippen molar-refractivity contribution >= 4 is 22.5 Å². The highest BCUT2D eigenvalue weighted by atomic mass is 16.1. The molecule has 0 radical (unpaired) electrons. The number of amides is 1.